The summed E-state index contributed by atoms with van der Waals surface area (Å²) >= 11 is 5.06. The van der Waals surface area contributed by atoms with Gasteiger partial charge in [0.1, 0.15) is 5.75 Å². The molecule has 1 aromatic rings. The van der Waals surface area contributed by atoms with Crippen molar-refractivity contribution in [2.75, 3.05) is 7.11 Å². The molecule has 0 aliphatic rings. The van der Waals surface area contributed by atoms with Gasteiger partial charge in [0.05, 0.1) is 7.11 Å². The second-order valence-corrected chi connectivity index (χ2v) is 4.10. The predicted octanol–water partition coefficient (Wildman–Crippen LogP) is 2.74. The molecule has 17 heavy (non-hydrogen) atoms. The van der Waals surface area contributed by atoms with Crippen LogP contribution >= 0.6 is 11.6 Å². The molecule has 0 fully saturated rings. The van der Waals surface area contributed by atoms with E-state index in [-0.39, 0.29) is 6.42 Å². The van der Waals surface area contributed by atoms with E-state index in [4.69, 9.17) is 16.3 Å². The van der Waals surface area contributed by atoms with E-state index in [1.807, 2.05) is 24.3 Å². The summed E-state index contributed by atoms with van der Waals surface area (Å²) in [5, 5.41) is -0.866. The molecule has 0 aliphatic heterocycles. The molecule has 0 aromatic heterocycles. The van der Waals surface area contributed by atoms with Gasteiger partial charge in [0.2, 0.25) is 5.78 Å². The van der Waals surface area contributed by atoms with E-state index in [0.29, 0.717) is 6.42 Å². The summed E-state index contributed by atoms with van der Waals surface area (Å²) in [6.45, 7) is 0. The fourth-order valence-corrected chi connectivity index (χ4v) is 1.60. The molecule has 0 N–H and O–H groups in total. The molecule has 0 heterocycles. The van der Waals surface area contributed by atoms with Crippen molar-refractivity contribution in [1.82, 2.24) is 0 Å². The minimum absolute atomic E-state index is 0.235. The Bertz CT molecular complexity index is 384. The molecule has 92 valence electrons. The third-order valence-electron chi connectivity index (χ3n) is 2.50. The summed E-state index contributed by atoms with van der Waals surface area (Å²) in [7, 11) is 1.63. The molecule has 0 saturated carbocycles. The fourth-order valence-electron chi connectivity index (χ4n) is 1.51. The predicted molar refractivity (Wildman–Crippen MR) is 66.4 cm³/mol. The number of rotatable bonds is 7. The van der Waals surface area contributed by atoms with Crippen LogP contribution < -0.4 is 4.74 Å². The number of Topliss-reactive ketones (excluding diaryl/α,β-unsaturated/α-hetero) is 1. The zero-order chi connectivity index (χ0) is 12.7. The molecule has 0 spiro atoms. The molecule has 4 heteroatoms. The molecule has 0 unspecified atom stereocenters. The maximum Gasteiger partial charge on any atom is 0.288 e. The summed E-state index contributed by atoms with van der Waals surface area (Å²) in [6, 6.07) is 7.80. The number of carbonyl (C=O) groups excluding carboxylic acids is 2. The van der Waals surface area contributed by atoms with Gasteiger partial charge in [-0.05, 0) is 48.6 Å². The first kappa shape index (κ1) is 13.7. The normalized spacial score (nSPS) is 10.0. The Balaban J connectivity index is 2.26. The van der Waals surface area contributed by atoms with Crippen LogP contribution in [-0.2, 0) is 16.0 Å². The Morgan fingerprint density at radius 2 is 1.82 bits per heavy atom. The number of ketones is 1. The van der Waals surface area contributed by atoms with Crippen LogP contribution in [0.25, 0.3) is 0 Å². The van der Waals surface area contributed by atoms with E-state index in [0.717, 1.165) is 18.6 Å². The summed E-state index contributed by atoms with van der Waals surface area (Å²) in [5.41, 5.74) is 1.19. The van der Waals surface area contributed by atoms with Crippen molar-refractivity contribution < 1.29 is 14.3 Å². The van der Waals surface area contributed by atoms with Crippen molar-refractivity contribution in [1.29, 1.82) is 0 Å². The molecule has 3 nitrogen and oxygen atoms in total. The minimum Gasteiger partial charge on any atom is -0.497 e. The first-order chi connectivity index (χ1) is 8.13. The lowest BCUT2D eigenvalue weighted by Crippen LogP contribution is -2.06. The van der Waals surface area contributed by atoms with Gasteiger partial charge >= 0.3 is 0 Å². The zero-order valence-corrected chi connectivity index (χ0v) is 10.5. The van der Waals surface area contributed by atoms with E-state index >= 15 is 0 Å². The monoisotopic (exact) mass is 254 g/mol. The van der Waals surface area contributed by atoms with Crippen molar-refractivity contribution in [2.45, 2.75) is 25.7 Å². The van der Waals surface area contributed by atoms with Crippen LogP contribution in [0.2, 0.25) is 0 Å². The molecule has 1 aromatic carbocycles. The SMILES string of the molecule is COc1ccc(CCCCC(=O)C(=O)Cl)cc1. The zero-order valence-electron chi connectivity index (χ0n) is 9.74. The summed E-state index contributed by atoms with van der Waals surface area (Å²) in [6.07, 6.45) is 2.66. The molecule has 0 amide bonds. The number of carbonyl (C=O) groups is 2. The van der Waals surface area contributed by atoms with Crippen LogP contribution in [0.4, 0.5) is 0 Å². The quantitative estimate of drug-likeness (QED) is 0.427. The van der Waals surface area contributed by atoms with E-state index in [2.05, 4.69) is 0 Å². The van der Waals surface area contributed by atoms with Gasteiger partial charge in [0.25, 0.3) is 5.24 Å². The van der Waals surface area contributed by atoms with Gasteiger partial charge in [-0.3, -0.25) is 9.59 Å². The minimum atomic E-state index is -0.866. The van der Waals surface area contributed by atoms with Crippen molar-refractivity contribution in [3.05, 3.63) is 29.8 Å². The van der Waals surface area contributed by atoms with Crippen molar-refractivity contribution in [2.24, 2.45) is 0 Å². The summed E-state index contributed by atoms with van der Waals surface area (Å²) < 4.78 is 5.06. The van der Waals surface area contributed by atoms with Gasteiger partial charge in [-0.2, -0.15) is 0 Å². The maximum atomic E-state index is 10.9. The van der Waals surface area contributed by atoms with Gasteiger partial charge in [-0.25, -0.2) is 0 Å². The third kappa shape index (κ3) is 5.00. The largest absolute Gasteiger partial charge is 0.497 e. The lowest BCUT2D eigenvalue weighted by Gasteiger charge is -2.03. The molecule has 0 aliphatic carbocycles. The van der Waals surface area contributed by atoms with Gasteiger partial charge < -0.3 is 4.74 Å². The van der Waals surface area contributed by atoms with Crippen LogP contribution in [0.1, 0.15) is 24.8 Å². The molecule has 0 saturated heterocycles. The van der Waals surface area contributed by atoms with Gasteiger partial charge in [0.15, 0.2) is 0 Å². The standard InChI is InChI=1S/C13H15ClO3/c1-17-11-8-6-10(7-9-11)4-2-3-5-12(15)13(14)16/h6-9H,2-5H2,1H3. The van der Waals surface area contributed by atoms with Crippen LogP contribution in [-0.4, -0.2) is 18.1 Å². The Hall–Kier alpha value is -1.35. The number of benzene rings is 1. The van der Waals surface area contributed by atoms with Crippen LogP contribution in [0.3, 0.4) is 0 Å². The van der Waals surface area contributed by atoms with E-state index in [1.54, 1.807) is 7.11 Å². The first-order valence-electron chi connectivity index (χ1n) is 5.49. The number of unbranched alkanes of at least 4 members (excludes halogenated alkanes) is 1. The molecule has 0 bridgehead atoms. The number of ether oxygens (including phenoxy) is 1. The van der Waals surface area contributed by atoms with Crippen LogP contribution in [0.5, 0.6) is 5.75 Å². The number of halogens is 1. The average molecular weight is 255 g/mol. The smallest absolute Gasteiger partial charge is 0.288 e. The van der Waals surface area contributed by atoms with Crippen LogP contribution in [0, 0.1) is 0 Å². The van der Waals surface area contributed by atoms with Crippen molar-refractivity contribution in [3.8, 4) is 5.75 Å². The average Bonchev–Trinajstić information content (AvgIpc) is 2.35. The van der Waals surface area contributed by atoms with Crippen LogP contribution in [0.15, 0.2) is 24.3 Å². The first-order valence-corrected chi connectivity index (χ1v) is 5.87. The van der Waals surface area contributed by atoms with Gasteiger partial charge in [-0.1, -0.05) is 12.1 Å². The molecule has 0 radical (unpaired) electrons. The number of methoxy groups -OCH3 is 1. The number of hydrogen-bond acceptors (Lipinski definition) is 3. The Kier molecular flexibility index (Phi) is 5.70. The molecular formula is C13H15ClO3. The highest BCUT2D eigenvalue weighted by atomic mass is 35.5. The second-order valence-electron chi connectivity index (χ2n) is 3.75. The summed E-state index contributed by atoms with van der Waals surface area (Å²) in [4.78, 5) is 21.4. The molecule has 1 rings (SSSR count). The highest BCUT2D eigenvalue weighted by molar-refractivity contribution is 6.81. The van der Waals surface area contributed by atoms with Gasteiger partial charge in [0, 0.05) is 6.42 Å². The number of hydrogen-bond donors (Lipinski definition) is 0. The Morgan fingerprint density at radius 3 is 2.35 bits per heavy atom. The fraction of sp³-hybridized carbons (Fsp3) is 0.385. The third-order valence-corrected chi connectivity index (χ3v) is 2.71. The highest BCUT2D eigenvalue weighted by Crippen LogP contribution is 2.13. The van der Waals surface area contributed by atoms with E-state index in [9.17, 15) is 9.59 Å². The molecule has 0 atom stereocenters. The van der Waals surface area contributed by atoms with Crippen molar-refractivity contribution >= 4 is 22.6 Å². The van der Waals surface area contributed by atoms with Gasteiger partial charge in [-0.15, -0.1) is 0 Å². The Morgan fingerprint density at radius 1 is 1.18 bits per heavy atom. The van der Waals surface area contributed by atoms with E-state index < -0.39 is 11.0 Å². The van der Waals surface area contributed by atoms with E-state index in [1.165, 1.54) is 5.56 Å². The lowest BCUT2D eigenvalue weighted by atomic mass is 10.1. The summed E-state index contributed by atoms with van der Waals surface area (Å²) in [5.74, 6) is 0.332. The topological polar surface area (TPSA) is 43.4 Å². The van der Waals surface area contributed by atoms with Crippen molar-refractivity contribution in [3.63, 3.8) is 0 Å². The highest BCUT2D eigenvalue weighted by Gasteiger charge is 2.08. The maximum absolute atomic E-state index is 10.9. The molecular weight excluding hydrogens is 240 g/mol. The number of aryl methyl sites for hydroxylation is 1. The second kappa shape index (κ2) is 7.07. The lowest BCUT2D eigenvalue weighted by molar-refractivity contribution is -0.132. The Labute approximate surface area is 106 Å².